The van der Waals surface area contributed by atoms with Crippen LogP contribution in [0, 0.1) is 17.0 Å². The molecule has 1 aromatic carbocycles. The van der Waals surface area contributed by atoms with Crippen LogP contribution < -0.4 is 10.5 Å². The molecule has 7 heteroatoms. The minimum absolute atomic E-state index is 0.0201. The van der Waals surface area contributed by atoms with Crippen LogP contribution in [0.5, 0.6) is 5.75 Å². The lowest BCUT2D eigenvalue weighted by Crippen LogP contribution is -2.36. The van der Waals surface area contributed by atoms with Gasteiger partial charge in [-0.2, -0.15) is 0 Å². The Hall–Kier alpha value is -2.15. The number of hydrogen-bond acceptors (Lipinski definition) is 5. The number of nitro groups is 1. The van der Waals surface area contributed by atoms with Crippen molar-refractivity contribution >= 4 is 11.7 Å². The van der Waals surface area contributed by atoms with Crippen LogP contribution in [0.2, 0.25) is 0 Å². The number of carbonyl (C=O) groups is 1. The molecule has 0 radical (unpaired) electrons. The summed E-state index contributed by atoms with van der Waals surface area (Å²) in [5, 5.41) is 19.4. The third-order valence-corrected chi connectivity index (χ3v) is 2.12. The van der Waals surface area contributed by atoms with E-state index in [0.717, 1.165) is 0 Å². The highest BCUT2D eigenvalue weighted by Crippen LogP contribution is 2.29. The predicted molar refractivity (Wildman–Crippen MR) is 58.9 cm³/mol. The second kappa shape index (κ2) is 5.26. The van der Waals surface area contributed by atoms with Crippen LogP contribution in [0.1, 0.15) is 5.56 Å². The number of nitrogens with zero attached hydrogens (tertiary/aromatic N) is 1. The number of carboxylic acid groups (broad SMARTS) is 1. The molecule has 0 fully saturated rings. The quantitative estimate of drug-likeness (QED) is 0.578. The molecule has 17 heavy (non-hydrogen) atoms. The van der Waals surface area contributed by atoms with Crippen molar-refractivity contribution in [2.45, 2.75) is 13.0 Å². The van der Waals surface area contributed by atoms with Crippen molar-refractivity contribution in [1.29, 1.82) is 0 Å². The fourth-order valence-corrected chi connectivity index (χ4v) is 1.23. The molecule has 1 unspecified atom stereocenters. The Morgan fingerprint density at radius 1 is 1.65 bits per heavy atom. The second-order valence-electron chi connectivity index (χ2n) is 3.43. The van der Waals surface area contributed by atoms with Gasteiger partial charge >= 0.3 is 11.7 Å². The molecule has 0 heterocycles. The zero-order valence-corrected chi connectivity index (χ0v) is 9.12. The summed E-state index contributed by atoms with van der Waals surface area (Å²) in [6, 6.07) is 3.35. The SMILES string of the molecule is Cc1cccc(OCC(N)C(=O)O)c1[N+](=O)[O-]. The Labute approximate surface area is 97.0 Å². The molecule has 0 spiro atoms. The molecule has 0 bridgehead atoms. The Morgan fingerprint density at radius 2 is 2.29 bits per heavy atom. The van der Waals surface area contributed by atoms with Gasteiger partial charge < -0.3 is 15.6 Å². The number of benzene rings is 1. The normalized spacial score (nSPS) is 11.9. The number of aryl methyl sites for hydroxylation is 1. The highest BCUT2D eigenvalue weighted by Gasteiger charge is 2.20. The molecule has 0 saturated carbocycles. The van der Waals surface area contributed by atoms with Crippen LogP contribution in [0.3, 0.4) is 0 Å². The Morgan fingerprint density at radius 3 is 2.82 bits per heavy atom. The number of hydrogen-bond donors (Lipinski definition) is 2. The first-order chi connectivity index (χ1) is 7.93. The van der Waals surface area contributed by atoms with Crippen molar-refractivity contribution in [3.63, 3.8) is 0 Å². The van der Waals surface area contributed by atoms with Gasteiger partial charge in [-0.25, -0.2) is 0 Å². The summed E-state index contributed by atoms with van der Waals surface area (Å²) in [6.07, 6.45) is 0. The molecule has 7 nitrogen and oxygen atoms in total. The standard InChI is InChI=1S/C10H12N2O5/c1-6-3-2-4-8(9(6)12(15)16)17-5-7(11)10(13)14/h2-4,7H,5,11H2,1H3,(H,13,14). The summed E-state index contributed by atoms with van der Waals surface area (Å²) in [5.74, 6) is -1.20. The number of ether oxygens (including phenoxy) is 1. The van der Waals surface area contributed by atoms with Crippen molar-refractivity contribution in [2.75, 3.05) is 6.61 Å². The summed E-state index contributed by atoms with van der Waals surface area (Å²) in [5.41, 5.74) is 5.50. The summed E-state index contributed by atoms with van der Waals surface area (Å²) in [6.45, 7) is 1.25. The summed E-state index contributed by atoms with van der Waals surface area (Å²) < 4.78 is 5.05. The molecule has 0 aromatic heterocycles. The Balaban J connectivity index is 2.88. The van der Waals surface area contributed by atoms with E-state index in [0.29, 0.717) is 5.56 Å². The molecule has 1 aromatic rings. The number of aliphatic carboxylic acids is 1. The monoisotopic (exact) mass is 240 g/mol. The van der Waals surface area contributed by atoms with Gasteiger partial charge in [0.2, 0.25) is 0 Å². The van der Waals surface area contributed by atoms with Crippen LogP contribution in [-0.4, -0.2) is 28.6 Å². The van der Waals surface area contributed by atoms with Gasteiger partial charge in [-0.1, -0.05) is 12.1 Å². The van der Waals surface area contributed by atoms with Crippen molar-refractivity contribution < 1.29 is 19.6 Å². The Kier molecular flexibility index (Phi) is 4.00. The molecular weight excluding hydrogens is 228 g/mol. The van der Waals surface area contributed by atoms with E-state index in [4.69, 9.17) is 15.6 Å². The third-order valence-electron chi connectivity index (χ3n) is 2.12. The minimum Gasteiger partial charge on any atom is -0.485 e. The molecule has 1 rings (SSSR count). The number of nitro benzene ring substituents is 1. The third kappa shape index (κ3) is 3.15. The van der Waals surface area contributed by atoms with Gasteiger partial charge in [0, 0.05) is 5.56 Å². The van der Waals surface area contributed by atoms with Crippen LogP contribution >= 0.6 is 0 Å². The van der Waals surface area contributed by atoms with Gasteiger partial charge in [-0.15, -0.1) is 0 Å². The molecule has 0 aliphatic heterocycles. The summed E-state index contributed by atoms with van der Waals surface area (Å²) >= 11 is 0. The van der Waals surface area contributed by atoms with Crippen LogP contribution in [0.25, 0.3) is 0 Å². The maximum Gasteiger partial charge on any atom is 0.324 e. The van der Waals surface area contributed by atoms with Gasteiger partial charge in [0.15, 0.2) is 5.75 Å². The lowest BCUT2D eigenvalue weighted by atomic mass is 10.2. The van der Waals surface area contributed by atoms with Crippen molar-refractivity contribution in [1.82, 2.24) is 0 Å². The van der Waals surface area contributed by atoms with E-state index < -0.39 is 16.9 Å². The van der Waals surface area contributed by atoms with Crippen LogP contribution in [0.15, 0.2) is 18.2 Å². The predicted octanol–water partition coefficient (Wildman–Crippen LogP) is 0.694. The lowest BCUT2D eigenvalue weighted by molar-refractivity contribution is -0.386. The fraction of sp³-hybridized carbons (Fsp3) is 0.300. The largest absolute Gasteiger partial charge is 0.485 e. The fourth-order valence-electron chi connectivity index (χ4n) is 1.23. The van der Waals surface area contributed by atoms with E-state index in [-0.39, 0.29) is 18.0 Å². The van der Waals surface area contributed by atoms with Gasteiger partial charge in [0.05, 0.1) is 4.92 Å². The van der Waals surface area contributed by atoms with Crippen molar-refractivity contribution in [3.8, 4) is 5.75 Å². The van der Waals surface area contributed by atoms with Gasteiger partial charge in [-0.05, 0) is 13.0 Å². The maximum atomic E-state index is 10.8. The van der Waals surface area contributed by atoms with Gasteiger partial charge in [0.25, 0.3) is 0 Å². The first-order valence-electron chi connectivity index (χ1n) is 4.78. The van der Waals surface area contributed by atoms with E-state index in [1.807, 2.05) is 0 Å². The number of nitrogens with two attached hydrogens (primary N) is 1. The summed E-state index contributed by atoms with van der Waals surface area (Å²) in [7, 11) is 0. The van der Waals surface area contributed by atoms with Gasteiger partial charge in [-0.3, -0.25) is 14.9 Å². The smallest absolute Gasteiger partial charge is 0.324 e. The number of carboxylic acids is 1. The van der Waals surface area contributed by atoms with E-state index >= 15 is 0 Å². The lowest BCUT2D eigenvalue weighted by Gasteiger charge is -2.10. The molecule has 0 saturated heterocycles. The average Bonchev–Trinajstić information content (AvgIpc) is 2.24. The average molecular weight is 240 g/mol. The maximum absolute atomic E-state index is 10.8. The molecule has 3 N–H and O–H groups in total. The van der Waals surface area contributed by atoms with E-state index in [1.54, 1.807) is 19.1 Å². The van der Waals surface area contributed by atoms with E-state index in [1.165, 1.54) is 6.07 Å². The van der Waals surface area contributed by atoms with Gasteiger partial charge in [0.1, 0.15) is 12.6 Å². The Bertz CT molecular complexity index is 446. The molecular formula is C10H12N2O5. The highest BCUT2D eigenvalue weighted by molar-refractivity contribution is 5.73. The first-order valence-corrected chi connectivity index (χ1v) is 4.78. The summed E-state index contributed by atoms with van der Waals surface area (Å²) in [4.78, 5) is 20.7. The van der Waals surface area contributed by atoms with Crippen LogP contribution in [-0.2, 0) is 4.79 Å². The number of para-hydroxylation sites is 1. The molecule has 0 amide bonds. The zero-order chi connectivity index (χ0) is 13.0. The highest BCUT2D eigenvalue weighted by atomic mass is 16.6. The molecule has 0 aliphatic carbocycles. The molecule has 92 valence electrons. The topological polar surface area (TPSA) is 116 Å². The van der Waals surface area contributed by atoms with E-state index in [9.17, 15) is 14.9 Å². The van der Waals surface area contributed by atoms with E-state index in [2.05, 4.69) is 0 Å². The van der Waals surface area contributed by atoms with Crippen molar-refractivity contribution in [2.24, 2.45) is 5.73 Å². The molecule has 0 aliphatic rings. The van der Waals surface area contributed by atoms with Crippen molar-refractivity contribution in [3.05, 3.63) is 33.9 Å². The van der Waals surface area contributed by atoms with Crippen LogP contribution in [0.4, 0.5) is 5.69 Å². The molecule has 1 atom stereocenters. The minimum atomic E-state index is -1.22. The number of rotatable bonds is 5. The first kappa shape index (κ1) is 12.9. The zero-order valence-electron chi connectivity index (χ0n) is 9.12. The second-order valence-corrected chi connectivity index (χ2v) is 3.43.